The zero-order valence-electron chi connectivity index (χ0n) is 22.1. The summed E-state index contributed by atoms with van der Waals surface area (Å²) in [6.45, 7) is 10.8. The predicted octanol–water partition coefficient (Wildman–Crippen LogP) is 6.78. The maximum absolute atomic E-state index is 12.1. The van der Waals surface area contributed by atoms with Crippen LogP contribution in [0.5, 0.6) is 5.75 Å². The van der Waals surface area contributed by atoms with Gasteiger partial charge in [-0.25, -0.2) is 4.98 Å². The Morgan fingerprint density at radius 1 is 0.943 bits per heavy atom. The molecular formula is C30H43N3O2. The highest BCUT2D eigenvalue weighted by Gasteiger charge is 2.13. The van der Waals surface area contributed by atoms with Crippen molar-refractivity contribution < 1.29 is 9.53 Å². The molecule has 0 radical (unpaired) electrons. The summed E-state index contributed by atoms with van der Waals surface area (Å²) in [7, 11) is 0. The van der Waals surface area contributed by atoms with Crippen LogP contribution in [0.2, 0.25) is 0 Å². The van der Waals surface area contributed by atoms with Gasteiger partial charge in [0.2, 0.25) is 5.91 Å². The molecule has 0 bridgehead atoms. The number of unbranched alkanes of at least 4 members (excludes halogenated alkanes) is 3. The number of aromatic nitrogens is 2. The van der Waals surface area contributed by atoms with Gasteiger partial charge in [0.1, 0.15) is 11.6 Å². The second kappa shape index (κ2) is 13.9. The van der Waals surface area contributed by atoms with E-state index in [9.17, 15) is 4.79 Å². The first-order valence-corrected chi connectivity index (χ1v) is 13.5. The highest BCUT2D eigenvalue weighted by molar-refractivity contribution is 5.78. The average Bonchev–Trinajstić information content (AvgIpc) is 3.20. The van der Waals surface area contributed by atoms with Gasteiger partial charge in [0, 0.05) is 25.4 Å². The molecule has 0 saturated carbocycles. The Labute approximate surface area is 211 Å². The lowest BCUT2D eigenvalue weighted by Crippen LogP contribution is -2.30. The van der Waals surface area contributed by atoms with Crippen LogP contribution in [-0.4, -0.2) is 28.6 Å². The Morgan fingerprint density at radius 2 is 1.69 bits per heavy atom. The minimum absolute atomic E-state index is 0.154. The molecule has 0 spiro atoms. The summed E-state index contributed by atoms with van der Waals surface area (Å²) in [5, 5.41) is 3.10. The Balaban J connectivity index is 1.46. The number of benzene rings is 2. The number of imidazole rings is 1. The van der Waals surface area contributed by atoms with E-state index >= 15 is 0 Å². The van der Waals surface area contributed by atoms with Crippen LogP contribution in [0.25, 0.3) is 11.0 Å². The summed E-state index contributed by atoms with van der Waals surface area (Å²) < 4.78 is 8.49. The van der Waals surface area contributed by atoms with Crippen LogP contribution >= 0.6 is 0 Å². The predicted molar refractivity (Wildman–Crippen MR) is 145 cm³/mol. The molecule has 0 unspecified atom stereocenters. The van der Waals surface area contributed by atoms with E-state index in [1.807, 2.05) is 0 Å². The summed E-state index contributed by atoms with van der Waals surface area (Å²) in [5.41, 5.74) is 4.69. The summed E-state index contributed by atoms with van der Waals surface area (Å²) in [5.74, 6) is 2.56. The van der Waals surface area contributed by atoms with Crippen molar-refractivity contribution in [3.63, 3.8) is 0 Å². The SMILES string of the molecule is CCC(CC)C(=O)NCCCCCc1nc2ccccc2n1CCCCOc1c(C)cccc1C. The number of fused-ring (bicyclic) bond motifs is 1. The lowest BCUT2D eigenvalue weighted by atomic mass is 10.0. The number of hydrogen-bond donors (Lipinski definition) is 1. The van der Waals surface area contributed by atoms with Crippen LogP contribution in [-0.2, 0) is 17.8 Å². The van der Waals surface area contributed by atoms with Crippen molar-refractivity contribution in [3.8, 4) is 5.75 Å². The van der Waals surface area contributed by atoms with E-state index < -0.39 is 0 Å². The molecule has 0 fully saturated rings. The molecule has 3 rings (SSSR count). The quantitative estimate of drug-likeness (QED) is 0.246. The van der Waals surface area contributed by atoms with Crippen molar-refractivity contribution in [1.29, 1.82) is 0 Å². The van der Waals surface area contributed by atoms with Gasteiger partial charge in [0.05, 0.1) is 17.6 Å². The fourth-order valence-corrected chi connectivity index (χ4v) is 4.74. The van der Waals surface area contributed by atoms with Gasteiger partial charge in [0.25, 0.3) is 0 Å². The third kappa shape index (κ3) is 7.58. The second-order valence-corrected chi connectivity index (χ2v) is 9.56. The normalized spacial score (nSPS) is 11.3. The summed E-state index contributed by atoms with van der Waals surface area (Å²) >= 11 is 0. The number of amides is 1. The van der Waals surface area contributed by atoms with Crippen LogP contribution < -0.4 is 10.1 Å². The van der Waals surface area contributed by atoms with E-state index in [2.05, 4.69) is 80.0 Å². The van der Waals surface area contributed by atoms with Gasteiger partial charge in [-0.2, -0.15) is 0 Å². The van der Waals surface area contributed by atoms with Gasteiger partial charge in [-0.15, -0.1) is 0 Å². The van der Waals surface area contributed by atoms with Gasteiger partial charge in [-0.3, -0.25) is 4.79 Å². The smallest absolute Gasteiger partial charge is 0.223 e. The summed E-state index contributed by atoms with van der Waals surface area (Å²) in [4.78, 5) is 17.1. The minimum atomic E-state index is 0.154. The van der Waals surface area contributed by atoms with Gasteiger partial charge in [0.15, 0.2) is 0 Å². The number of nitrogens with zero attached hydrogens (tertiary/aromatic N) is 2. The number of aryl methyl sites for hydroxylation is 4. The first-order chi connectivity index (χ1) is 17.0. The van der Waals surface area contributed by atoms with Crippen molar-refractivity contribution in [2.45, 2.75) is 85.6 Å². The van der Waals surface area contributed by atoms with Crippen LogP contribution in [0.3, 0.4) is 0 Å². The third-order valence-electron chi connectivity index (χ3n) is 6.90. The Kier molecular flexibility index (Phi) is 10.6. The monoisotopic (exact) mass is 477 g/mol. The number of rotatable bonds is 15. The first-order valence-electron chi connectivity index (χ1n) is 13.5. The zero-order chi connectivity index (χ0) is 25.0. The molecule has 2 aromatic carbocycles. The lowest BCUT2D eigenvalue weighted by Gasteiger charge is -2.13. The Hall–Kier alpha value is -2.82. The number of nitrogens with one attached hydrogen (secondary N) is 1. The van der Waals surface area contributed by atoms with Gasteiger partial charge >= 0.3 is 0 Å². The van der Waals surface area contributed by atoms with E-state index in [1.54, 1.807) is 0 Å². The molecule has 1 N–H and O–H groups in total. The molecule has 1 amide bonds. The molecule has 5 nitrogen and oxygen atoms in total. The van der Waals surface area contributed by atoms with Crippen molar-refractivity contribution in [2.75, 3.05) is 13.2 Å². The molecule has 5 heteroatoms. The number of hydrogen-bond acceptors (Lipinski definition) is 3. The van der Waals surface area contributed by atoms with E-state index in [1.165, 1.54) is 22.5 Å². The van der Waals surface area contributed by atoms with Crippen molar-refractivity contribution in [2.24, 2.45) is 5.92 Å². The molecule has 35 heavy (non-hydrogen) atoms. The number of para-hydroxylation sites is 3. The summed E-state index contributed by atoms with van der Waals surface area (Å²) in [6, 6.07) is 14.7. The summed E-state index contributed by atoms with van der Waals surface area (Å²) in [6.07, 6.45) is 8.05. The highest BCUT2D eigenvalue weighted by Crippen LogP contribution is 2.23. The van der Waals surface area contributed by atoms with E-state index in [-0.39, 0.29) is 11.8 Å². The third-order valence-corrected chi connectivity index (χ3v) is 6.90. The van der Waals surface area contributed by atoms with Crippen molar-refractivity contribution >= 4 is 16.9 Å². The van der Waals surface area contributed by atoms with Crippen LogP contribution in [0.15, 0.2) is 42.5 Å². The largest absolute Gasteiger partial charge is 0.493 e. The van der Waals surface area contributed by atoms with Gasteiger partial charge in [-0.1, -0.05) is 50.6 Å². The molecule has 0 atom stereocenters. The fraction of sp³-hybridized carbons (Fsp3) is 0.533. The maximum atomic E-state index is 12.1. The van der Waals surface area contributed by atoms with Crippen molar-refractivity contribution in [1.82, 2.24) is 14.9 Å². The fourth-order valence-electron chi connectivity index (χ4n) is 4.74. The van der Waals surface area contributed by atoms with Gasteiger partial charge < -0.3 is 14.6 Å². The maximum Gasteiger partial charge on any atom is 0.223 e. The zero-order valence-corrected chi connectivity index (χ0v) is 22.1. The average molecular weight is 478 g/mol. The van der Waals surface area contributed by atoms with E-state index in [0.717, 1.165) is 82.3 Å². The molecule has 0 aliphatic rings. The molecule has 3 aromatic rings. The van der Waals surface area contributed by atoms with E-state index in [4.69, 9.17) is 9.72 Å². The number of carbonyl (C=O) groups excluding carboxylic acids is 1. The number of ether oxygens (including phenoxy) is 1. The molecule has 0 saturated heterocycles. The van der Waals surface area contributed by atoms with Crippen molar-refractivity contribution in [3.05, 3.63) is 59.4 Å². The molecule has 0 aliphatic carbocycles. The van der Waals surface area contributed by atoms with E-state index in [0.29, 0.717) is 0 Å². The van der Waals surface area contributed by atoms with Crippen LogP contribution in [0.4, 0.5) is 0 Å². The van der Waals surface area contributed by atoms with Gasteiger partial charge in [-0.05, 0) is 75.6 Å². The second-order valence-electron chi connectivity index (χ2n) is 9.56. The highest BCUT2D eigenvalue weighted by atomic mass is 16.5. The molecule has 0 aliphatic heterocycles. The molecule has 190 valence electrons. The Bertz CT molecular complexity index is 1050. The van der Waals surface area contributed by atoms with Crippen LogP contribution in [0, 0.1) is 19.8 Å². The standard InChI is InChI=1S/C30H43N3O2/c1-5-25(6-2)30(34)31-20-11-7-8-19-28-32-26-17-9-10-18-27(26)33(28)21-12-13-22-35-29-23(3)15-14-16-24(29)4/h9-10,14-18,25H,5-8,11-13,19-22H2,1-4H3,(H,31,34). The van der Waals surface area contributed by atoms with Crippen LogP contribution in [0.1, 0.15) is 75.7 Å². The first kappa shape index (κ1) is 26.8. The lowest BCUT2D eigenvalue weighted by molar-refractivity contribution is -0.125. The molecule has 1 heterocycles. The molecular weight excluding hydrogens is 434 g/mol. The molecule has 1 aromatic heterocycles. The topological polar surface area (TPSA) is 56.2 Å². The number of carbonyl (C=O) groups is 1. The minimum Gasteiger partial charge on any atom is -0.493 e. The Morgan fingerprint density at radius 3 is 2.43 bits per heavy atom.